The number of rotatable bonds is 4. The van der Waals surface area contributed by atoms with Crippen LogP contribution in [-0.4, -0.2) is 44.3 Å². The Morgan fingerprint density at radius 3 is 2.45 bits per heavy atom. The molecule has 5 heteroatoms. The molecule has 2 fully saturated rings. The van der Waals surface area contributed by atoms with Crippen LogP contribution in [0.4, 0.5) is 16.2 Å². The van der Waals surface area contributed by atoms with E-state index in [9.17, 15) is 4.79 Å². The van der Waals surface area contributed by atoms with Crippen molar-refractivity contribution in [3.8, 4) is 0 Å². The van der Waals surface area contributed by atoms with Crippen LogP contribution >= 0.6 is 0 Å². The van der Waals surface area contributed by atoms with E-state index in [1.54, 1.807) is 0 Å². The Balaban J connectivity index is 1.17. The first-order valence-electron chi connectivity index (χ1n) is 11.0. The Kier molecular flexibility index (Phi) is 5.15. The number of hydrogen-bond donors (Lipinski definition) is 2. The number of fused-ring (bicyclic) bond motifs is 1. The number of carbonyl (C=O) groups is 1. The summed E-state index contributed by atoms with van der Waals surface area (Å²) in [6.45, 7) is 3.61. The van der Waals surface area contributed by atoms with Gasteiger partial charge in [0.2, 0.25) is 0 Å². The second-order valence-corrected chi connectivity index (χ2v) is 8.54. The van der Waals surface area contributed by atoms with E-state index in [0.717, 1.165) is 38.3 Å². The number of aryl methyl sites for hydroxylation is 1. The zero-order valence-corrected chi connectivity index (χ0v) is 16.9. The summed E-state index contributed by atoms with van der Waals surface area (Å²) >= 11 is 0. The van der Waals surface area contributed by atoms with Gasteiger partial charge in [0.25, 0.3) is 0 Å². The Hall–Kier alpha value is -2.53. The third-order valence-corrected chi connectivity index (χ3v) is 6.68. The van der Waals surface area contributed by atoms with E-state index >= 15 is 0 Å². The predicted molar refractivity (Wildman–Crippen MR) is 118 cm³/mol. The van der Waals surface area contributed by atoms with Crippen molar-refractivity contribution in [3.63, 3.8) is 0 Å². The van der Waals surface area contributed by atoms with Gasteiger partial charge in [-0.1, -0.05) is 30.3 Å². The fourth-order valence-corrected chi connectivity index (χ4v) is 5.05. The van der Waals surface area contributed by atoms with Crippen LogP contribution in [0.5, 0.6) is 0 Å². The van der Waals surface area contributed by atoms with Crippen LogP contribution in [0.25, 0.3) is 0 Å². The van der Waals surface area contributed by atoms with Gasteiger partial charge in [0.15, 0.2) is 0 Å². The van der Waals surface area contributed by atoms with Gasteiger partial charge in [-0.3, -0.25) is 4.90 Å². The molecular weight excluding hydrogens is 360 g/mol. The van der Waals surface area contributed by atoms with Crippen molar-refractivity contribution in [2.24, 2.45) is 0 Å². The monoisotopic (exact) mass is 390 g/mol. The molecule has 29 heavy (non-hydrogen) atoms. The highest BCUT2D eigenvalue weighted by molar-refractivity contribution is 5.94. The molecular formula is C24H30N4O. The number of piperidine rings is 1. The van der Waals surface area contributed by atoms with Gasteiger partial charge in [-0.15, -0.1) is 0 Å². The number of carbonyl (C=O) groups excluding carboxylic acids is 1. The van der Waals surface area contributed by atoms with E-state index in [0.29, 0.717) is 12.1 Å². The summed E-state index contributed by atoms with van der Waals surface area (Å²) in [5.74, 6) is 0. The maximum atomic E-state index is 12.0. The minimum Gasteiger partial charge on any atom is -0.371 e. The third-order valence-electron chi connectivity index (χ3n) is 6.68. The average molecular weight is 391 g/mol. The van der Waals surface area contributed by atoms with Crippen LogP contribution in [0.1, 0.15) is 30.4 Å². The second kappa shape index (κ2) is 8.07. The van der Waals surface area contributed by atoms with Gasteiger partial charge in [-0.05, 0) is 61.4 Å². The summed E-state index contributed by atoms with van der Waals surface area (Å²) in [5.41, 5.74) is 5.29. The summed E-state index contributed by atoms with van der Waals surface area (Å²) < 4.78 is 0. The summed E-state index contributed by atoms with van der Waals surface area (Å²) in [4.78, 5) is 16.3. The maximum Gasteiger partial charge on any atom is 0.321 e. The Morgan fingerprint density at radius 1 is 0.862 bits per heavy atom. The number of urea groups is 1. The lowest BCUT2D eigenvalue weighted by atomic mass is 9.87. The minimum atomic E-state index is 0.0131. The molecule has 0 aromatic heterocycles. The van der Waals surface area contributed by atoms with E-state index in [1.807, 2.05) is 11.0 Å². The standard InChI is InChI=1S/C24H30N4O/c29-24-25-12-15-28(24)23-7-3-6-22(17-23)27-13-10-20(11-14-27)26-21-9-8-18-4-1-2-5-19(18)16-21/h1-7,17,20-21,26H,8-16H2,(H,25,29). The molecule has 1 unspecified atom stereocenters. The number of amides is 2. The molecule has 2 aliphatic heterocycles. The zero-order valence-electron chi connectivity index (χ0n) is 16.9. The molecule has 0 spiro atoms. The van der Waals surface area contributed by atoms with Crippen molar-refractivity contribution in [3.05, 3.63) is 59.7 Å². The Labute approximate surface area is 173 Å². The van der Waals surface area contributed by atoms with Crippen LogP contribution < -0.4 is 20.4 Å². The lowest BCUT2D eigenvalue weighted by Gasteiger charge is -2.37. The molecule has 2 saturated heterocycles. The summed E-state index contributed by atoms with van der Waals surface area (Å²) in [7, 11) is 0. The minimum absolute atomic E-state index is 0.0131. The molecule has 5 rings (SSSR count). The molecule has 1 aliphatic carbocycles. The van der Waals surface area contributed by atoms with Crippen molar-refractivity contribution in [2.45, 2.75) is 44.2 Å². The summed E-state index contributed by atoms with van der Waals surface area (Å²) in [5, 5.41) is 6.83. The number of nitrogens with zero attached hydrogens (tertiary/aromatic N) is 2. The molecule has 2 amide bonds. The molecule has 2 aromatic carbocycles. The third kappa shape index (κ3) is 3.97. The summed E-state index contributed by atoms with van der Waals surface area (Å²) in [6.07, 6.45) is 5.95. The molecule has 2 heterocycles. The lowest BCUT2D eigenvalue weighted by Crippen LogP contribution is -2.47. The Bertz CT molecular complexity index is 875. The highest BCUT2D eigenvalue weighted by Gasteiger charge is 2.26. The molecule has 5 nitrogen and oxygen atoms in total. The molecule has 152 valence electrons. The zero-order chi connectivity index (χ0) is 19.6. The topological polar surface area (TPSA) is 47.6 Å². The lowest BCUT2D eigenvalue weighted by molar-refractivity contribution is 0.252. The van der Waals surface area contributed by atoms with Crippen LogP contribution in [0, 0.1) is 0 Å². The average Bonchev–Trinajstić information content (AvgIpc) is 3.20. The molecule has 2 N–H and O–H groups in total. The fraction of sp³-hybridized carbons (Fsp3) is 0.458. The van der Waals surface area contributed by atoms with Crippen molar-refractivity contribution in [1.82, 2.24) is 10.6 Å². The van der Waals surface area contributed by atoms with Crippen molar-refractivity contribution >= 4 is 17.4 Å². The molecule has 0 bridgehead atoms. The SMILES string of the molecule is O=C1NCCN1c1cccc(N2CCC(NC3CCc4ccccc4C3)CC2)c1. The number of nitrogens with one attached hydrogen (secondary N) is 2. The molecule has 0 saturated carbocycles. The summed E-state index contributed by atoms with van der Waals surface area (Å²) in [6, 6.07) is 18.6. The second-order valence-electron chi connectivity index (χ2n) is 8.54. The normalized spacial score (nSPS) is 22.5. The largest absolute Gasteiger partial charge is 0.371 e. The van der Waals surface area contributed by atoms with Crippen molar-refractivity contribution in [1.29, 1.82) is 0 Å². The molecule has 1 atom stereocenters. The van der Waals surface area contributed by atoms with Gasteiger partial charge in [-0.25, -0.2) is 4.79 Å². The number of benzene rings is 2. The quantitative estimate of drug-likeness (QED) is 0.842. The van der Waals surface area contributed by atoms with Crippen molar-refractivity contribution < 1.29 is 4.79 Å². The molecule has 2 aromatic rings. The van der Waals surface area contributed by atoms with Crippen LogP contribution in [-0.2, 0) is 12.8 Å². The van der Waals surface area contributed by atoms with Gasteiger partial charge in [0.05, 0.1) is 0 Å². The van der Waals surface area contributed by atoms with E-state index in [-0.39, 0.29) is 6.03 Å². The van der Waals surface area contributed by atoms with Gasteiger partial charge < -0.3 is 15.5 Å². The van der Waals surface area contributed by atoms with Crippen LogP contribution in [0.2, 0.25) is 0 Å². The smallest absolute Gasteiger partial charge is 0.321 e. The maximum absolute atomic E-state index is 12.0. The van der Waals surface area contributed by atoms with Gasteiger partial charge in [0.1, 0.15) is 0 Å². The van der Waals surface area contributed by atoms with E-state index in [2.05, 4.69) is 58.0 Å². The first-order valence-corrected chi connectivity index (χ1v) is 11.0. The van der Waals surface area contributed by atoms with Crippen LogP contribution in [0.3, 0.4) is 0 Å². The first kappa shape index (κ1) is 18.5. The van der Waals surface area contributed by atoms with Gasteiger partial charge in [-0.2, -0.15) is 0 Å². The molecule has 3 aliphatic rings. The van der Waals surface area contributed by atoms with Gasteiger partial charge in [0, 0.05) is 49.6 Å². The Morgan fingerprint density at radius 2 is 1.66 bits per heavy atom. The van der Waals surface area contributed by atoms with Crippen molar-refractivity contribution in [2.75, 3.05) is 36.0 Å². The number of anilines is 2. The highest BCUT2D eigenvalue weighted by Crippen LogP contribution is 2.27. The van der Waals surface area contributed by atoms with E-state index in [4.69, 9.17) is 0 Å². The van der Waals surface area contributed by atoms with Crippen LogP contribution in [0.15, 0.2) is 48.5 Å². The first-order chi connectivity index (χ1) is 14.3. The highest BCUT2D eigenvalue weighted by atomic mass is 16.2. The van der Waals surface area contributed by atoms with Gasteiger partial charge >= 0.3 is 6.03 Å². The predicted octanol–water partition coefficient (Wildman–Crippen LogP) is 3.33. The molecule has 0 radical (unpaired) electrons. The number of hydrogen-bond acceptors (Lipinski definition) is 3. The van der Waals surface area contributed by atoms with E-state index < -0.39 is 0 Å². The fourth-order valence-electron chi connectivity index (χ4n) is 5.05. The van der Waals surface area contributed by atoms with E-state index in [1.165, 1.54) is 42.5 Å².